The highest BCUT2D eigenvalue weighted by atomic mass is 35.5. The molecule has 0 saturated carbocycles. The first-order valence-corrected chi connectivity index (χ1v) is 14.5. The minimum Gasteiger partial charge on any atom is -0.335 e. The summed E-state index contributed by atoms with van der Waals surface area (Å²) in [6, 6.07) is 11.7. The zero-order valence-electron chi connectivity index (χ0n) is 23.1. The van der Waals surface area contributed by atoms with Gasteiger partial charge in [-0.25, -0.2) is 9.67 Å². The zero-order valence-corrected chi connectivity index (χ0v) is 24.6. The number of nitro benzene ring substituents is 1. The van der Waals surface area contributed by atoms with Gasteiger partial charge in [-0.3, -0.25) is 19.7 Å². The predicted molar refractivity (Wildman–Crippen MR) is 158 cm³/mol. The first kappa shape index (κ1) is 28.4. The molecule has 0 spiro atoms. The Hall–Kier alpha value is -4.09. The molecular formula is C29H29ClN6O4S. The summed E-state index contributed by atoms with van der Waals surface area (Å²) in [5.41, 5.74) is 4.36. The van der Waals surface area contributed by atoms with E-state index in [0.717, 1.165) is 17.0 Å². The molecule has 1 aliphatic heterocycles. The summed E-state index contributed by atoms with van der Waals surface area (Å²) in [7, 11) is 0. The second kappa shape index (κ2) is 11.4. The number of carbonyl (C=O) groups excluding carboxylic acids is 2. The van der Waals surface area contributed by atoms with E-state index in [-0.39, 0.29) is 40.0 Å². The van der Waals surface area contributed by atoms with Gasteiger partial charge in [0.25, 0.3) is 17.5 Å². The van der Waals surface area contributed by atoms with Crippen LogP contribution in [0.2, 0.25) is 5.02 Å². The van der Waals surface area contributed by atoms with Crippen molar-refractivity contribution in [1.29, 1.82) is 0 Å². The standard InChI is InChI=1S/C29H29ClN6O4S/c1-17(2)26-23(14-31-35(26)29-32-25(16-41-29)20-7-5-18(3)6-8-20)27(37)33-11-12-34(19(4)15-33)28(38)22-10-9-21(36(39)40)13-24(22)30/h5-10,13-14,16-17,19H,11-12,15H2,1-4H3. The number of carbonyl (C=O) groups is 2. The Labute approximate surface area is 246 Å². The van der Waals surface area contributed by atoms with E-state index in [9.17, 15) is 19.7 Å². The van der Waals surface area contributed by atoms with Gasteiger partial charge >= 0.3 is 0 Å². The van der Waals surface area contributed by atoms with Crippen LogP contribution in [0.4, 0.5) is 5.69 Å². The second-order valence-corrected chi connectivity index (χ2v) is 11.7. The maximum Gasteiger partial charge on any atom is 0.270 e. The first-order valence-electron chi connectivity index (χ1n) is 13.2. The van der Waals surface area contributed by atoms with Crippen LogP contribution < -0.4 is 0 Å². The smallest absolute Gasteiger partial charge is 0.270 e. The van der Waals surface area contributed by atoms with E-state index in [0.29, 0.717) is 30.3 Å². The highest BCUT2D eigenvalue weighted by molar-refractivity contribution is 7.12. The average molecular weight is 593 g/mol. The number of hydrogen-bond donors (Lipinski definition) is 0. The van der Waals surface area contributed by atoms with Crippen LogP contribution in [0.25, 0.3) is 16.4 Å². The molecule has 212 valence electrons. The number of thiazole rings is 1. The minimum atomic E-state index is -0.557. The molecule has 1 atom stereocenters. The van der Waals surface area contributed by atoms with Crippen molar-refractivity contribution in [3.05, 3.63) is 91.6 Å². The molecule has 1 unspecified atom stereocenters. The van der Waals surface area contributed by atoms with Crippen molar-refractivity contribution >= 4 is 40.4 Å². The highest BCUT2D eigenvalue weighted by Crippen LogP contribution is 2.30. The third kappa shape index (κ3) is 5.59. The van der Waals surface area contributed by atoms with Crippen LogP contribution in [0.3, 0.4) is 0 Å². The largest absolute Gasteiger partial charge is 0.335 e. The van der Waals surface area contributed by atoms with Gasteiger partial charge in [0.05, 0.1) is 38.7 Å². The van der Waals surface area contributed by atoms with Gasteiger partial charge in [0.2, 0.25) is 5.13 Å². The topological polar surface area (TPSA) is 114 Å². The number of halogens is 1. The van der Waals surface area contributed by atoms with E-state index < -0.39 is 4.92 Å². The third-order valence-corrected chi connectivity index (χ3v) is 8.30. The van der Waals surface area contributed by atoms with Crippen molar-refractivity contribution < 1.29 is 14.5 Å². The zero-order chi connectivity index (χ0) is 29.4. The molecule has 1 aliphatic rings. The van der Waals surface area contributed by atoms with Gasteiger partial charge in [-0.1, -0.05) is 55.3 Å². The fourth-order valence-corrected chi connectivity index (χ4v) is 6.07. The number of non-ortho nitro benzene ring substituents is 1. The Balaban J connectivity index is 1.34. The summed E-state index contributed by atoms with van der Waals surface area (Å²) in [5.74, 6) is -0.469. The van der Waals surface area contributed by atoms with Crippen LogP contribution >= 0.6 is 22.9 Å². The van der Waals surface area contributed by atoms with Gasteiger partial charge in [-0.15, -0.1) is 11.3 Å². The maximum absolute atomic E-state index is 13.7. The van der Waals surface area contributed by atoms with Gasteiger partial charge in [-0.2, -0.15) is 5.10 Å². The van der Waals surface area contributed by atoms with Gasteiger partial charge in [-0.05, 0) is 25.8 Å². The number of benzene rings is 2. The molecule has 41 heavy (non-hydrogen) atoms. The fourth-order valence-electron chi connectivity index (χ4n) is 5.01. The Bertz CT molecular complexity index is 1630. The van der Waals surface area contributed by atoms with Crippen molar-refractivity contribution in [3.63, 3.8) is 0 Å². The second-order valence-electron chi connectivity index (χ2n) is 10.4. The Kier molecular flexibility index (Phi) is 7.92. The lowest BCUT2D eigenvalue weighted by Crippen LogP contribution is -2.55. The van der Waals surface area contributed by atoms with Crippen LogP contribution in [0.5, 0.6) is 0 Å². The number of rotatable bonds is 6. The summed E-state index contributed by atoms with van der Waals surface area (Å²) in [4.78, 5) is 45.6. The molecule has 5 rings (SSSR count). The lowest BCUT2D eigenvalue weighted by molar-refractivity contribution is -0.384. The minimum absolute atomic E-state index is 0.00717. The van der Waals surface area contributed by atoms with Crippen molar-refractivity contribution in [2.24, 2.45) is 0 Å². The van der Waals surface area contributed by atoms with E-state index in [2.05, 4.69) is 5.10 Å². The molecule has 2 aromatic carbocycles. The molecule has 12 heteroatoms. The van der Waals surface area contributed by atoms with Gasteiger partial charge in [0.1, 0.15) is 0 Å². The molecule has 0 N–H and O–H groups in total. The van der Waals surface area contributed by atoms with Crippen LogP contribution in [-0.4, -0.2) is 67.0 Å². The van der Waals surface area contributed by atoms with Gasteiger partial charge < -0.3 is 9.80 Å². The number of amides is 2. The summed E-state index contributed by atoms with van der Waals surface area (Å²) in [5, 5.41) is 18.3. The Morgan fingerprint density at radius 2 is 1.83 bits per heavy atom. The summed E-state index contributed by atoms with van der Waals surface area (Å²) < 4.78 is 1.75. The summed E-state index contributed by atoms with van der Waals surface area (Å²) in [6.07, 6.45) is 1.60. The molecule has 3 heterocycles. The molecular weight excluding hydrogens is 564 g/mol. The van der Waals surface area contributed by atoms with Crippen LogP contribution in [-0.2, 0) is 0 Å². The first-order chi connectivity index (χ1) is 19.5. The summed E-state index contributed by atoms with van der Waals surface area (Å²) in [6.45, 7) is 8.91. The molecule has 0 aliphatic carbocycles. The fraction of sp³-hybridized carbons (Fsp3) is 0.310. The monoisotopic (exact) mass is 592 g/mol. The number of aryl methyl sites for hydroxylation is 1. The molecule has 0 radical (unpaired) electrons. The number of aromatic nitrogens is 3. The Morgan fingerprint density at radius 1 is 1.10 bits per heavy atom. The number of piperazine rings is 1. The summed E-state index contributed by atoms with van der Waals surface area (Å²) >= 11 is 7.68. The predicted octanol–water partition coefficient (Wildman–Crippen LogP) is 5.98. The highest BCUT2D eigenvalue weighted by Gasteiger charge is 2.34. The number of nitro groups is 1. The molecule has 1 saturated heterocycles. The van der Waals surface area contributed by atoms with Crippen molar-refractivity contribution in [2.45, 2.75) is 39.7 Å². The molecule has 10 nitrogen and oxygen atoms in total. The van der Waals surface area contributed by atoms with Crippen molar-refractivity contribution in [1.82, 2.24) is 24.6 Å². The maximum atomic E-state index is 13.7. The molecule has 2 amide bonds. The molecule has 0 bridgehead atoms. The van der Waals surface area contributed by atoms with Gasteiger partial charge in [0, 0.05) is 48.8 Å². The quantitative estimate of drug-likeness (QED) is 0.201. The SMILES string of the molecule is Cc1ccc(-c2csc(-n3ncc(C(=O)N4CCN(C(=O)c5ccc([N+](=O)[O-])cc5Cl)C(C)C4)c3C(C)C)n2)cc1. The average Bonchev–Trinajstić information content (AvgIpc) is 3.60. The Morgan fingerprint density at radius 3 is 2.46 bits per heavy atom. The molecule has 2 aromatic heterocycles. The molecule has 4 aromatic rings. The molecule has 1 fully saturated rings. The van der Waals surface area contributed by atoms with Crippen molar-refractivity contribution in [2.75, 3.05) is 19.6 Å². The van der Waals surface area contributed by atoms with Crippen molar-refractivity contribution in [3.8, 4) is 16.4 Å². The lowest BCUT2D eigenvalue weighted by Gasteiger charge is -2.40. The van der Waals surface area contributed by atoms with Crippen LogP contribution in [0.15, 0.2) is 54.0 Å². The van der Waals surface area contributed by atoms with E-state index >= 15 is 0 Å². The van der Waals surface area contributed by atoms with Crippen LogP contribution in [0, 0.1) is 17.0 Å². The third-order valence-electron chi connectivity index (χ3n) is 7.17. The normalized spacial score (nSPS) is 15.4. The van der Waals surface area contributed by atoms with E-state index in [1.165, 1.54) is 35.1 Å². The van der Waals surface area contributed by atoms with E-state index in [1.807, 2.05) is 57.3 Å². The lowest BCUT2D eigenvalue weighted by atomic mass is 10.0. The number of nitrogens with zero attached hydrogens (tertiary/aromatic N) is 6. The van der Waals surface area contributed by atoms with E-state index in [4.69, 9.17) is 16.6 Å². The number of hydrogen-bond acceptors (Lipinski definition) is 7. The van der Waals surface area contributed by atoms with Gasteiger partial charge in [0.15, 0.2) is 0 Å². The van der Waals surface area contributed by atoms with Crippen LogP contribution in [0.1, 0.15) is 58.7 Å². The van der Waals surface area contributed by atoms with E-state index in [1.54, 1.807) is 20.7 Å².